The maximum Gasteiger partial charge on any atom is 0.256 e. The predicted octanol–water partition coefficient (Wildman–Crippen LogP) is 2.70. The number of carbonyl (C=O) groups excluding carboxylic acids is 1. The van der Waals surface area contributed by atoms with Crippen molar-refractivity contribution in [2.24, 2.45) is 5.92 Å². The van der Waals surface area contributed by atoms with Crippen LogP contribution in [0.15, 0.2) is 24.3 Å². The second-order valence-electron chi connectivity index (χ2n) is 7.21. The van der Waals surface area contributed by atoms with E-state index in [2.05, 4.69) is 16.7 Å². The van der Waals surface area contributed by atoms with Gasteiger partial charge in [0.15, 0.2) is 0 Å². The molecule has 1 amide bonds. The molecule has 126 valence electrons. The molecule has 3 aliphatic rings. The van der Waals surface area contributed by atoms with E-state index in [-0.39, 0.29) is 5.91 Å². The molecule has 0 unspecified atom stereocenters. The van der Waals surface area contributed by atoms with E-state index in [4.69, 9.17) is 0 Å². The molecule has 1 aromatic carbocycles. The Hall–Kier alpha value is -1.55. The van der Waals surface area contributed by atoms with Crippen LogP contribution >= 0.6 is 0 Å². The van der Waals surface area contributed by atoms with E-state index in [9.17, 15) is 4.79 Å². The van der Waals surface area contributed by atoms with E-state index in [1.165, 1.54) is 19.3 Å². The molecule has 0 N–H and O–H groups in total. The lowest BCUT2D eigenvalue weighted by Gasteiger charge is -2.35. The molecule has 0 aliphatic carbocycles. The van der Waals surface area contributed by atoms with Gasteiger partial charge in [0.1, 0.15) is 0 Å². The maximum absolute atomic E-state index is 13.1. The molecular weight excluding hydrogens is 286 g/mol. The first kappa shape index (κ1) is 16.3. The first-order valence-corrected chi connectivity index (χ1v) is 8.89. The molecule has 0 aromatic heterocycles. The van der Waals surface area contributed by atoms with Crippen LogP contribution in [-0.4, -0.2) is 62.0 Å². The van der Waals surface area contributed by atoms with Crippen molar-refractivity contribution in [1.82, 2.24) is 9.80 Å². The van der Waals surface area contributed by atoms with Gasteiger partial charge in [0.25, 0.3) is 5.91 Å². The van der Waals surface area contributed by atoms with Crippen LogP contribution in [0, 0.1) is 5.92 Å². The number of carbonyl (C=O) groups is 1. The molecule has 3 saturated heterocycles. The number of fused-ring (bicyclic) bond motifs is 4. The van der Waals surface area contributed by atoms with Crippen LogP contribution in [-0.2, 0) is 0 Å². The first-order chi connectivity index (χ1) is 11.1. The number of hydrogen-bond donors (Lipinski definition) is 0. The van der Waals surface area contributed by atoms with Gasteiger partial charge in [0, 0.05) is 45.5 Å². The van der Waals surface area contributed by atoms with Gasteiger partial charge in [-0.15, -0.1) is 0 Å². The summed E-state index contributed by atoms with van der Waals surface area (Å²) in [6.07, 6.45) is 3.70. The summed E-state index contributed by atoms with van der Waals surface area (Å²) in [6, 6.07) is 8.51. The smallest absolute Gasteiger partial charge is 0.256 e. The van der Waals surface area contributed by atoms with Crippen molar-refractivity contribution in [2.45, 2.75) is 32.2 Å². The quantitative estimate of drug-likeness (QED) is 0.855. The summed E-state index contributed by atoms with van der Waals surface area (Å²) in [5.41, 5.74) is 1.85. The first-order valence-electron chi connectivity index (χ1n) is 8.89. The molecule has 0 saturated carbocycles. The average Bonchev–Trinajstić information content (AvgIpc) is 2.86. The minimum absolute atomic E-state index is 0.199. The molecule has 2 atom stereocenters. The number of hydrogen-bond acceptors (Lipinski definition) is 3. The third kappa shape index (κ3) is 3.37. The van der Waals surface area contributed by atoms with Crippen molar-refractivity contribution in [1.29, 1.82) is 0 Å². The topological polar surface area (TPSA) is 26.8 Å². The maximum atomic E-state index is 13.1. The van der Waals surface area contributed by atoms with E-state index in [1.807, 2.05) is 43.3 Å². The molecular formula is C19H29N3O. The molecule has 3 heterocycles. The highest BCUT2D eigenvalue weighted by Crippen LogP contribution is 2.30. The number of nitrogens with zero attached hydrogens (tertiary/aromatic N) is 3. The Balaban J connectivity index is 1.81. The number of amides is 1. The minimum Gasteiger partial charge on any atom is -0.377 e. The van der Waals surface area contributed by atoms with E-state index < -0.39 is 0 Å². The third-order valence-electron chi connectivity index (χ3n) is 5.24. The normalized spacial score (nSPS) is 24.6. The Kier molecular flexibility index (Phi) is 4.90. The lowest BCUT2D eigenvalue weighted by atomic mass is 9.95. The zero-order chi connectivity index (χ0) is 16.4. The number of benzene rings is 1. The van der Waals surface area contributed by atoms with Gasteiger partial charge in [-0.25, -0.2) is 0 Å². The molecule has 2 bridgehead atoms. The van der Waals surface area contributed by atoms with Crippen LogP contribution in [0.3, 0.4) is 0 Å². The molecule has 3 fully saturated rings. The van der Waals surface area contributed by atoms with E-state index >= 15 is 0 Å². The summed E-state index contributed by atoms with van der Waals surface area (Å²) in [6.45, 7) is 6.37. The van der Waals surface area contributed by atoms with Gasteiger partial charge in [0.05, 0.1) is 5.56 Å². The standard InChI is InChI=1S/C19H29N3O/c1-4-11-21-12-15-9-10-16(21)14-22(13-15)19(23)17-7-5-6-8-18(17)20(2)3/h5-8,15-16H,4,9-14H2,1-3H3/t15-,16-/m0/s1. The molecule has 4 heteroatoms. The van der Waals surface area contributed by atoms with E-state index in [1.54, 1.807) is 0 Å². The highest BCUT2D eigenvalue weighted by molar-refractivity contribution is 5.99. The Bertz CT molecular complexity index is 557. The molecule has 0 spiro atoms. The van der Waals surface area contributed by atoms with Gasteiger partial charge in [-0.2, -0.15) is 0 Å². The summed E-state index contributed by atoms with van der Waals surface area (Å²) >= 11 is 0. The van der Waals surface area contributed by atoms with Crippen LogP contribution in [0.1, 0.15) is 36.5 Å². The SMILES string of the molecule is CCCN1C[C@@H]2CC[C@H]1CN(C(=O)c1ccccc1N(C)C)C2. The van der Waals surface area contributed by atoms with Crippen molar-refractivity contribution < 1.29 is 4.79 Å². The van der Waals surface area contributed by atoms with Crippen molar-refractivity contribution in [2.75, 3.05) is 45.2 Å². The lowest BCUT2D eigenvalue weighted by Crippen LogP contribution is -2.44. The van der Waals surface area contributed by atoms with Crippen LogP contribution in [0.5, 0.6) is 0 Å². The van der Waals surface area contributed by atoms with Gasteiger partial charge in [-0.3, -0.25) is 9.69 Å². The van der Waals surface area contributed by atoms with Crippen molar-refractivity contribution >= 4 is 11.6 Å². The molecule has 3 aliphatic heterocycles. The number of piperidine rings is 1. The average molecular weight is 315 g/mol. The Labute approximate surface area is 140 Å². The van der Waals surface area contributed by atoms with Crippen LogP contribution in [0.4, 0.5) is 5.69 Å². The van der Waals surface area contributed by atoms with Crippen LogP contribution in [0.2, 0.25) is 0 Å². The van der Waals surface area contributed by atoms with Gasteiger partial charge >= 0.3 is 0 Å². The Morgan fingerprint density at radius 2 is 1.96 bits per heavy atom. The van der Waals surface area contributed by atoms with Gasteiger partial charge in [-0.05, 0) is 43.9 Å². The van der Waals surface area contributed by atoms with Crippen LogP contribution in [0.25, 0.3) is 0 Å². The number of para-hydroxylation sites is 1. The fourth-order valence-corrected chi connectivity index (χ4v) is 4.12. The molecule has 4 nitrogen and oxygen atoms in total. The zero-order valence-corrected chi connectivity index (χ0v) is 14.7. The van der Waals surface area contributed by atoms with Gasteiger partial charge in [-0.1, -0.05) is 19.1 Å². The van der Waals surface area contributed by atoms with Gasteiger partial charge in [0.2, 0.25) is 0 Å². The molecule has 4 rings (SSSR count). The van der Waals surface area contributed by atoms with E-state index in [0.717, 1.165) is 37.4 Å². The third-order valence-corrected chi connectivity index (χ3v) is 5.24. The summed E-state index contributed by atoms with van der Waals surface area (Å²) in [4.78, 5) is 19.9. The minimum atomic E-state index is 0.199. The van der Waals surface area contributed by atoms with Crippen LogP contribution < -0.4 is 4.90 Å². The predicted molar refractivity (Wildman–Crippen MR) is 95.0 cm³/mol. The Morgan fingerprint density at radius 3 is 2.70 bits per heavy atom. The number of rotatable bonds is 4. The number of anilines is 1. The highest BCUT2D eigenvalue weighted by Gasteiger charge is 2.36. The summed E-state index contributed by atoms with van der Waals surface area (Å²) in [7, 11) is 4.00. The molecule has 1 aromatic rings. The second kappa shape index (κ2) is 6.91. The van der Waals surface area contributed by atoms with E-state index in [0.29, 0.717) is 12.0 Å². The summed E-state index contributed by atoms with van der Waals surface area (Å²) < 4.78 is 0. The highest BCUT2D eigenvalue weighted by atomic mass is 16.2. The van der Waals surface area contributed by atoms with Crippen molar-refractivity contribution in [3.8, 4) is 0 Å². The summed E-state index contributed by atoms with van der Waals surface area (Å²) in [5.74, 6) is 0.834. The fraction of sp³-hybridized carbons (Fsp3) is 0.632. The van der Waals surface area contributed by atoms with Gasteiger partial charge < -0.3 is 9.80 Å². The molecule has 23 heavy (non-hydrogen) atoms. The second-order valence-corrected chi connectivity index (χ2v) is 7.21. The van der Waals surface area contributed by atoms with Crippen molar-refractivity contribution in [3.63, 3.8) is 0 Å². The lowest BCUT2D eigenvalue weighted by molar-refractivity contribution is 0.0738. The zero-order valence-electron chi connectivity index (χ0n) is 14.7. The Morgan fingerprint density at radius 1 is 1.17 bits per heavy atom. The monoisotopic (exact) mass is 315 g/mol. The van der Waals surface area contributed by atoms with Crippen molar-refractivity contribution in [3.05, 3.63) is 29.8 Å². The largest absolute Gasteiger partial charge is 0.377 e. The molecule has 0 radical (unpaired) electrons. The summed E-state index contributed by atoms with van der Waals surface area (Å²) in [5, 5.41) is 0. The fourth-order valence-electron chi connectivity index (χ4n) is 4.12.